The Labute approximate surface area is 171 Å². The lowest BCUT2D eigenvalue weighted by atomic mass is 10.2. The normalized spacial score (nSPS) is 10.4. The van der Waals surface area contributed by atoms with E-state index in [0.717, 1.165) is 28.6 Å². The SMILES string of the molecule is COc1ccc(CNc2cc(Nc3ccc(N(C)C)cc3)nc(C)n2)cc1OC. The van der Waals surface area contributed by atoms with Gasteiger partial charge in [-0.05, 0) is 48.9 Å². The molecule has 0 aliphatic rings. The zero-order valence-electron chi connectivity index (χ0n) is 17.5. The molecule has 7 nitrogen and oxygen atoms in total. The first-order valence-electron chi connectivity index (χ1n) is 9.33. The summed E-state index contributed by atoms with van der Waals surface area (Å²) in [6.45, 7) is 2.48. The van der Waals surface area contributed by atoms with E-state index >= 15 is 0 Å². The average molecular weight is 393 g/mol. The first kappa shape index (κ1) is 20.3. The van der Waals surface area contributed by atoms with Crippen molar-refractivity contribution < 1.29 is 9.47 Å². The Morgan fingerprint density at radius 3 is 2.21 bits per heavy atom. The summed E-state index contributed by atoms with van der Waals surface area (Å²) in [7, 11) is 7.30. The zero-order valence-corrected chi connectivity index (χ0v) is 17.5. The van der Waals surface area contributed by atoms with Crippen molar-refractivity contribution >= 4 is 23.0 Å². The van der Waals surface area contributed by atoms with Crippen molar-refractivity contribution in [2.24, 2.45) is 0 Å². The Morgan fingerprint density at radius 1 is 0.862 bits per heavy atom. The fourth-order valence-electron chi connectivity index (χ4n) is 2.90. The zero-order chi connectivity index (χ0) is 20.8. The first-order valence-corrected chi connectivity index (χ1v) is 9.33. The van der Waals surface area contributed by atoms with Crippen LogP contribution >= 0.6 is 0 Å². The molecule has 3 aromatic rings. The third-order valence-electron chi connectivity index (χ3n) is 4.42. The number of nitrogens with one attached hydrogen (secondary N) is 2. The summed E-state index contributed by atoms with van der Waals surface area (Å²) in [5, 5.41) is 6.68. The molecule has 0 aliphatic heterocycles. The molecule has 0 spiro atoms. The van der Waals surface area contributed by atoms with Gasteiger partial charge in [-0.15, -0.1) is 0 Å². The topological polar surface area (TPSA) is 71.5 Å². The van der Waals surface area contributed by atoms with E-state index < -0.39 is 0 Å². The second kappa shape index (κ2) is 9.14. The van der Waals surface area contributed by atoms with Crippen molar-refractivity contribution in [1.82, 2.24) is 9.97 Å². The van der Waals surface area contributed by atoms with Gasteiger partial charge < -0.3 is 25.0 Å². The van der Waals surface area contributed by atoms with Crippen molar-refractivity contribution in [2.75, 3.05) is 43.8 Å². The summed E-state index contributed by atoms with van der Waals surface area (Å²) in [6.07, 6.45) is 0. The molecule has 0 radical (unpaired) electrons. The van der Waals surface area contributed by atoms with Gasteiger partial charge in [-0.3, -0.25) is 0 Å². The Hall–Kier alpha value is -3.48. The standard InChI is InChI=1S/C22H27N5O2/c1-15-24-21(23-14-16-6-11-19(28-4)20(12-16)29-5)13-22(25-15)26-17-7-9-18(10-8-17)27(2)3/h6-13H,14H2,1-5H3,(H2,23,24,25,26). The predicted molar refractivity (Wildman–Crippen MR) is 118 cm³/mol. The van der Waals surface area contributed by atoms with Crippen LogP contribution in [0.5, 0.6) is 11.5 Å². The van der Waals surface area contributed by atoms with E-state index in [1.807, 2.05) is 57.4 Å². The van der Waals surface area contributed by atoms with Gasteiger partial charge in [0.1, 0.15) is 17.5 Å². The lowest BCUT2D eigenvalue weighted by Crippen LogP contribution is -2.08. The van der Waals surface area contributed by atoms with Crippen molar-refractivity contribution in [3.63, 3.8) is 0 Å². The van der Waals surface area contributed by atoms with Gasteiger partial charge in [0.15, 0.2) is 11.5 Å². The number of nitrogens with zero attached hydrogens (tertiary/aromatic N) is 3. The maximum atomic E-state index is 5.37. The third-order valence-corrected chi connectivity index (χ3v) is 4.42. The fourth-order valence-corrected chi connectivity index (χ4v) is 2.90. The summed E-state index contributed by atoms with van der Waals surface area (Å²) in [5.74, 6) is 3.59. The molecule has 1 heterocycles. The van der Waals surface area contributed by atoms with Gasteiger partial charge in [0.2, 0.25) is 0 Å². The van der Waals surface area contributed by atoms with Gasteiger partial charge in [0.05, 0.1) is 14.2 Å². The minimum Gasteiger partial charge on any atom is -0.493 e. The van der Waals surface area contributed by atoms with E-state index in [2.05, 4.69) is 37.6 Å². The molecule has 152 valence electrons. The van der Waals surface area contributed by atoms with Crippen LogP contribution in [-0.2, 0) is 6.54 Å². The van der Waals surface area contributed by atoms with Crippen molar-refractivity contribution in [2.45, 2.75) is 13.5 Å². The number of aryl methyl sites for hydroxylation is 1. The molecular formula is C22H27N5O2. The molecule has 29 heavy (non-hydrogen) atoms. The lowest BCUT2D eigenvalue weighted by molar-refractivity contribution is 0.354. The highest BCUT2D eigenvalue weighted by Gasteiger charge is 2.07. The molecule has 1 aromatic heterocycles. The van der Waals surface area contributed by atoms with Crippen molar-refractivity contribution in [3.05, 3.63) is 59.9 Å². The summed E-state index contributed by atoms with van der Waals surface area (Å²) >= 11 is 0. The molecule has 7 heteroatoms. The van der Waals surface area contributed by atoms with Gasteiger partial charge in [-0.2, -0.15) is 0 Å². The second-order valence-electron chi connectivity index (χ2n) is 6.79. The quantitative estimate of drug-likeness (QED) is 0.593. The second-order valence-corrected chi connectivity index (χ2v) is 6.79. The maximum Gasteiger partial charge on any atom is 0.161 e. The number of methoxy groups -OCH3 is 2. The lowest BCUT2D eigenvalue weighted by Gasteiger charge is -2.14. The van der Waals surface area contributed by atoms with E-state index in [-0.39, 0.29) is 0 Å². The monoisotopic (exact) mass is 393 g/mol. The van der Waals surface area contributed by atoms with E-state index in [9.17, 15) is 0 Å². The Balaban J connectivity index is 1.70. The first-order chi connectivity index (χ1) is 14.0. The molecule has 0 atom stereocenters. The van der Waals surface area contributed by atoms with E-state index in [0.29, 0.717) is 23.9 Å². The molecular weight excluding hydrogens is 366 g/mol. The van der Waals surface area contributed by atoms with Gasteiger partial charge >= 0.3 is 0 Å². The van der Waals surface area contributed by atoms with Crippen LogP contribution < -0.4 is 25.0 Å². The van der Waals surface area contributed by atoms with Crippen LogP contribution in [0.15, 0.2) is 48.5 Å². The van der Waals surface area contributed by atoms with E-state index in [1.165, 1.54) is 0 Å². The Kier molecular flexibility index (Phi) is 6.39. The number of ether oxygens (including phenoxy) is 2. The average Bonchev–Trinajstić information content (AvgIpc) is 2.72. The maximum absolute atomic E-state index is 5.37. The Bertz CT molecular complexity index is 958. The largest absolute Gasteiger partial charge is 0.493 e. The van der Waals surface area contributed by atoms with Crippen LogP contribution in [0.1, 0.15) is 11.4 Å². The van der Waals surface area contributed by atoms with Gasteiger partial charge in [-0.25, -0.2) is 9.97 Å². The molecule has 0 fully saturated rings. The number of benzene rings is 2. The molecule has 0 saturated carbocycles. The summed E-state index contributed by atoms with van der Waals surface area (Å²) in [6, 6.07) is 15.9. The van der Waals surface area contributed by atoms with Crippen molar-refractivity contribution in [3.8, 4) is 11.5 Å². The number of rotatable bonds is 8. The highest BCUT2D eigenvalue weighted by Crippen LogP contribution is 2.28. The summed E-state index contributed by atoms with van der Waals surface area (Å²) < 4.78 is 10.7. The molecule has 0 amide bonds. The molecule has 2 N–H and O–H groups in total. The molecule has 0 aliphatic carbocycles. The summed E-state index contributed by atoms with van der Waals surface area (Å²) in [4.78, 5) is 11.0. The number of anilines is 4. The fraction of sp³-hybridized carbons (Fsp3) is 0.273. The summed E-state index contributed by atoms with van der Waals surface area (Å²) in [5.41, 5.74) is 3.18. The number of hydrogen-bond donors (Lipinski definition) is 2. The third kappa shape index (κ3) is 5.28. The predicted octanol–water partition coefficient (Wildman–Crippen LogP) is 4.22. The van der Waals surface area contributed by atoms with Crippen molar-refractivity contribution in [1.29, 1.82) is 0 Å². The molecule has 0 saturated heterocycles. The van der Waals surface area contributed by atoms with Crippen LogP contribution in [-0.4, -0.2) is 38.3 Å². The minimum atomic E-state index is 0.605. The number of hydrogen-bond acceptors (Lipinski definition) is 7. The minimum absolute atomic E-state index is 0.605. The van der Waals surface area contributed by atoms with Crippen LogP contribution in [0.2, 0.25) is 0 Å². The van der Waals surface area contributed by atoms with Gasteiger partial charge in [-0.1, -0.05) is 6.07 Å². The van der Waals surface area contributed by atoms with Crippen LogP contribution in [0.4, 0.5) is 23.0 Å². The molecule has 0 unspecified atom stereocenters. The van der Waals surface area contributed by atoms with Crippen LogP contribution in [0.25, 0.3) is 0 Å². The van der Waals surface area contributed by atoms with E-state index in [1.54, 1.807) is 14.2 Å². The van der Waals surface area contributed by atoms with Crippen LogP contribution in [0, 0.1) is 6.92 Å². The van der Waals surface area contributed by atoms with E-state index in [4.69, 9.17) is 9.47 Å². The Morgan fingerprint density at radius 2 is 1.55 bits per heavy atom. The van der Waals surface area contributed by atoms with Gasteiger partial charge in [0, 0.05) is 38.1 Å². The van der Waals surface area contributed by atoms with Crippen LogP contribution in [0.3, 0.4) is 0 Å². The molecule has 2 aromatic carbocycles. The number of aromatic nitrogens is 2. The molecule has 0 bridgehead atoms. The highest BCUT2D eigenvalue weighted by molar-refractivity contribution is 5.62. The molecule has 3 rings (SSSR count). The smallest absolute Gasteiger partial charge is 0.161 e. The van der Waals surface area contributed by atoms with Gasteiger partial charge in [0.25, 0.3) is 0 Å². The highest BCUT2D eigenvalue weighted by atomic mass is 16.5.